The molecule has 5 rings (SSSR count). The molecule has 3 unspecified atom stereocenters. The molecule has 0 spiro atoms. The SMILES string of the molecule is C=C(CC[C@@H]1C/C(=N\OCCO)[C@@]2(C)CCC3c4cc(O)c(N=O)cc4CCC3C12)NC1=NC=C(C)C1. The van der Waals surface area contributed by atoms with Gasteiger partial charge in [-0.15, -0.1) is 4.91 Å². The van der Waals surface area contributed by atoms with Gasteiger partial charge in [0.15, 0.2) is 0 Å². The summed E-state index contributed by atoms with van der Waals surface area (Å²) in [6.07, 6.45) is 9.42. The Morgan fingerprint density at radius 1 is 1.35 bits per heavy atom. The second kappa shape index (κ2) is 10.4. The molecule has 1 aromatic rings. The zero-order valence-electron chi connectivity index (χ0n) is 21.9. The average molecular weight is 507 g/mol. The van der Waals surface area contributed by atoms with Crippen molar-refractivity contribution >= 4 is 17.2 Å². The molecule has 5 atom stereocenters. The summed E-state index contributed by atoms with van der Waals surface area (Å²) in [5, 5.41) is 30.6. The molecule has 2 fully saturated rings. The van der Waals surface area contributed by atoms with E-state index < -0.39 is 0 Å². The normalized spacial score (nSPS) is 31.2. The highest BCUT2D eigenvalue weighted by molar-refractivity contribution is 5.92. The van der Waals surface area contributed by atoms with Crippen LogP contribution in [0.15, 0.2) is 51.5 Å². The third-order valence-electron chi connectivity index (χ3n) is 9.17. The number of hydrogen-bond acceptors (Lipinski definition) is 8. The number of allylic oxidation sites excluding steroid dienone is 1. The minimum absolute atomic E-state index is 0.0210. The number of nitrogens with zero attached hydrogens (tertiary/aromatic N) is 3. The number of phenols is 1. The van der Waals surface area contributed by atoms with E-state index >= 15 is 0 Å². The Balaban J connectivity index is 1.38. The van der Waals surface area contributed by atoms with Gasteiger partial charge in [-0.1, -0.05) is 18.7 Å². The van der Waals surface area contributed by atoms with Crippen molar-refractivity contribution in [1.82, 2.24) is 5.32 Å². The molecular weight excluding hydrogens is 468 g/mol. The second-order valence-electron chi connectivity index (χ2n) is 11.5. The van der Waals surface area contributed by atoms with Crippen LogP contribution in [0, 0.1) is 28.1 Å². The Bertz CT molecular complexity index is 1170. The van der Waals surface area contributed by atoms with E-state index in [0.717, 1.165) is 74.2 Å². The van der Waals surface area contributed by atoms with E-state index in [4.69, 9.17) is 4.84 Å². The number of aromatic hydroxyl groups is 1. The minimum atomic E-state index is -0.0591. The van der Waals surface area contributed by atoms with Gasteiger partial charge in [-0.25, -0.2) is 4.99 Å². The number of aliphatic hydroxyl groups is 1. The number of nitroso groups, excluding NO2 is 1. The van der Waals surface area contributed by atoms with Gasteiger partial charge in [0.2, 0.25) is 0 Å². The number of fused-ring (bicyclic) bond motifs is 5. The van der Waals surface area contributed by atoms with Crippen molar-refractivity contribution in [1.29, 1.82) is 0 Å². The number of oxime groups is 1. The fourth-order valence-corrected chi connectivity index (χ4v) is 7.57. The monoisotopic (exact) mass is 506 g/mol. The molecule has 8 nitrogen and oxygen atoms in total. The Labute approximate surface area is 218 Å². The van der Waals surface area contributed by atoms with Crippen LogP contribution in [0.2, 0.25) is 0 Å². The van der Waals surface area contributed by atoms with Crippen LogP contribution in [0.3, 0.4) is 0 Å². The molecule has 37 heavy (non-hydrogen) atoms. The Hall–Kier alpha value is -3.00. The molecule has 0 amide bonds. The fourth-order valence-electron chi connectivity index (χ4n) is 7.57. The first kappa shape index (κ1) is 25.6. The second-order valence-corrected chi connectivity index (χ2v) is 11.5. The van der Waals surface area contributed by atoms with E-state index in [1.54, 1.807) is 12.1 Å². The maximum Gasteiger partial charge on any atom is 0.149 e. The van der Waals surface area contributed by atoms with Gasteiger partial charge in [0.25, 0.3) is 0 Å². The van der Waals surface area contributed by atoms with E-state index in [1.807, 2.05) is 6.20 Å². The number of phenolic OH excluding ortho intramolecular Hbond substituents is 1. The Kier molecular flexibility index (Phi) is 7.21. The number of aryl methyl sites for hydroxylation is 1. The van der Waals surface area contributed by atoms with Gasteiger partial charge in [-0.3, -0.25) is 0 Å². The zero-order valence-corrected chi connectivity index (χ0v) is 21.9. The van der Waals surface area contributed by atoms with Crippen molar-refractivity contribution < 1.29 is 15.1 Å². The lowest BCUT2D eigenvalue weighted by Gasteiger charge is -2.50. The van der Waals surface area contributed by atoms with Crippen LogP contribution in [0.25, 0.3) is 0 Å². The molecule has 0 saturated heterocycles. The molecule has 0 aromatic heterocycles. The minimum Gasteiger partial charge on any atom is -0.506 e. The number of benzene rings is 1. The van der Waals surface area contributed by atoms with Crippen molar-refractivity contribution in [3.63, 3.8) is 0 Å². The van der Waals surface area contributed by atoms with Gasteiger partial charge in [0, 0.05) is 23.7 Å². The quantitative estimate of drug-likeness (QED) is 0.233. The smallest absolute Gasteiger partial charge is 0.149 e. The van der Waals surface area contributed by atoms with E-state index in [1.165, 1.54) is 11.1 Å². The van der Waals surface area contributed by atoms with Crippen LogP contribution in [0.4, 0.5) is 5.69 Å². The van der Waals surface area contributed by atoms with Crippen LogP contribution in [-0.2, 0) is 11.3 Å². The number of amidine groups is 1. The van der Waals surface area contributed by atoms with Gasteiger partial charge in [0.1, 0.15) is 23.9 Å². The molecular formula is C29H38N4O4. The lowest BCUT2D eigenvalue weighted by Crippen LogP contribution is -2.44. The van der Waals surface area contributed by atoms with Crippen LogP contribution in [0.5, 0.6) is 5.75 Å². The van der Waals surface area contributed by atoms with Gasteiger partial charge in [0.05, 0.1) is 12.3 Å². The van der Waals surface area contributed by atoms with Crippen LogP contribution in [0.1, 0.15) is 75.8 Å². The summed E-state index contributed by atoms with van der Waals surface area (Å²) in [6.45, 7) is 8.86. The first-order chi connectivity index (χ1) is 17.8. The number of hydrogen-bond donors (Lipinski definition) is 3. The predicted molar refractivity (Wildman–Crippen MR) is 145 cm³/mol. The summed E-state index contributed by atoms with van der Waals surface area (Å²) in [4.78, 5) is 21.1. The van der Waals surface area contributed by atoms with Gasteiger partial charge in [-0.05, 0) is 110 Å². The molecule has 0 radical (unpaired) electrons. The van der Waals surface area contributed by atoms with E-state index in [-0.39, 0.29) is 30.1 Å². The molecule has 1 aromatic carbocycles. The Morgan fingerprint density at radius 2 is 2.19 bits per heavy atom. The number of nitrogens with one attached hydrogen (secondary N) is 1. The summed E-state index contributed by atoms with van der Waals surface area (Å²) >= 11 is 0. The molecule has 2 saturated carbocycles. The summed E-state index contributed by atoms with van der Waals surface area (Å²) in [5.74, 6) is 2.61. The van der Waals surface area contributed by atoms with Gasteiger partial charge < -0.3 is 20.4 Å². The molecule has 0 bridgehead atoms. The largest absolute Gasteiger partial charge is 0.506 e. The lowest BCUT2D eigenvalue weighted by molar-refractivity contribution is 0.0530. The zero-order chi connectivity index (χ0) is 26.2. The molecule has 1 heterocycles. The third-order valence-corrected chi connectivity index (χ3v) is 9.17. The van der Waals surface area contributed by atoms with Crippen molar-refractivity contribution in [3.05, 3.63) is 52.2 Å². The molecule has 4 aliphatic rings. The van der Waals surface area contributed by atoms with Crippen LogP contribution >= 0.6 is 0 Å². The molecule has 3 N–H and O–H groups in total. The standard InChI is InChI=1S/C29H38N4O4/c1-17-12-27(30-16-17)31-18(2)4-5-20-14-26(33-37-11-10-34)29(3)9-8-21-22(28(20)29)7-6-19-13-24(32-36)25(35)15-23(19)21/h13,15-16,20-22,28,34-35H,2,4-12,14H2,1,3H3,(H,30,31)/b33-26+/t20-,21?,22?,28?,29-/m1/s1. The molecule has 3 aliphatic carbocycles. The van der Waals surface area contributed by atoms with Gasteiger partial charge in [-0.2, -0.15) is 0 Å². The molecule has 1 aliphatic heterocycles. The third kappa shape index (κ3) is 4.83. The van der Waals surface area contributed by atoms with E-state index in [9.17, 15) is 15.1 Å². The van der Waals surface area contributed by atoms with Crippen LogP contribution in [-0.4, -0.2) is 35.0 Å². The van der Waals surface area contributed by atoms with Crippen molar-refractivity contribution in [2.45, 2.75) is 71.1 Å². The first-order valence-corrected chi connectivity index (χ1v) is 13.5. The van der Waals surface area contributed by atoms with E-state index in [0.29, 0.717) is 23.7 Å². The highest BCUT2D eigenvalue weighted by Crippen LogP contribution is 2.63. The number of rotatable bonds is 8. The average Bonchev–Trinajstić information content (AvgIpc) is 3.41. The number of aliphatic imine (C=N–C) groups is 1. The summed E-state index contributed by atoms with van der Waals surface area (Å²) < 4.78 is 0. The van der Waals surface area contributed by atoms with Crippen molar-refractivity contribution in [2.75, 3.05) is 13.2 Å². The highest BCUT2D eigenvalue weighted by atomic mass is 16.6. The summed E-state index contributed by atoms with van der Waals surface area (Å²) in [6, 6.07) is 3.57. The predicted octanol–water partition coefficient (Wildman–Crippen LogP) is 5.83. The molecule has 8 heteroatoms. The maximum atomic E-state index is 11.2. The van der Waals surface area contributed by atoms with E-state index in [2.05, 4.69) is 41.1 Å². The van der Waals surface area contributed by atoms with Crippen LogP contribution < -0.4 is 5.32 Å². The van der Waals surface area contributed by atoms with Gasteiger partial charge >= 0.3 is 0 Å². The van der Waals surface area contributed by atoms with Crippen molar-refractivity contribution in [3.8, 4) is 5.75 Å². The summed E-state index contributed by atoms with van der Waals surface area (Å²) in [7, 11) is 0. The molecule has 198 valence electrons. The number of aliphatic hydroxyl groups excluding tert-OH is 1. The fraction of sp³-hybridized carbons (Fsp3) is 0.586. The summed E-state index contributed by atoms with van der Waals surface area (Å²) in [5.41, 5.74) is 5.75. The lowest BCUT2D eigenvalue weighted by atomic mass is 9.54. The van der Waals surface area contributed by atoms with Crippen molar-refractivity contribution in [2.24, 2.45) is 38.5 Å². The topological polar surface area (TPSA) is 116 Å². The highest BCUT2D eigenvalue weighted by Gasteiger charge is 2.57. The first-order valence-electron chi connectivity index (χ1n) is 13.5. The Morgan fingerprint density at radius 3 is 2.92 bits per heavy atom. The maximum absolute atomic E-state index is 11.2.